The van der Waals surface area contributed by atoms with Crippen LogP contribution in [-0.4, -0.2) is 37.0 Å². The van der Waals surface area contributed by atoms with E-state index in [1.165, 1.54) is 22.3 Å². The summed E-state index contributed by atoms with van der Waals surface area (Å²) >= 11 is 0. The predicted molar refractivity (Wildman–Crippen MR) is 99.9 cm³/mol. The summed E-state index contributed by atoms with van der Waals surface area (Å²) in [5, 5.41) is 3.30. The molecular formula is C20H23ClN2O. The topological polar surface area (TPSA) is 32.3 Å². The number of piperidine rings is 1. The third-order valence-electron chi connectivity index (χ3n) is 5.16. The molecule has 2 aliphatic rings. The molecule has 126 valence electrons. The lowest BCUT2D eigenvalue weighted by atomic mass is 10.0. The molecule has 1 fully saturated rings. The number of hydrogen-bond acceptors (Lipinski definition) is 2. The number of nitrogens with zero attached hydrogens (tertiary/aromatic N) is 1. The zero-order valence-electron chi connectivity index (χ0n) is 13.9. The van der Waals surface area contributed by atoms with Gasteiger partial charge in [0.05, 0.1) is 0 Å². The summed E-state index contributed by atoms with van der Waals surface area (Å²) in [5.74, 6) is 0.170. The number of nitrogens with one attached hydrogen (secondary N) is 1. The van der Waals surface area contributed by atoms with E-state index in [4.69, 9.17) is 0 Å². The Kier molecular flexibility index (Phi) is 4.93. The van der Waals surface area contributed by atoms with Gasteiger partial charge in [-0.15, -0.1) is 12.4 Å². The van der Waals surface area contributed by atoms with E-state index in [0.29, 0.717) is 6.04 Å². The molecule has 2 aromatic rings. The van der Waals surface area contributed by atoms with Crippen molar-refractivity contribution in [3.8, 4) is 11.1 Å². The lowest BCUT2D eigenvalue weighted by molar-refractivity contribution is 0.0698. The number of likely N-dealkylation sites (N-methyl/N-ethyl adjacent to an activating group) is 1. The number of amides is 1. The molecule has 2 aromatic carbocycles. The summed E-state index contributed by atoms with van der Waals surface area (Å²) in [7, 11) is 1.98. The number of carbonyl (C=O) groups excluding carboxylic acids is 1. The molecule has 3 nitrogen and oxygen atoms in total. The van der Waals surface area contributed by atoms with Crippen molar-refractivity contribution >= 4 is 18.3 Å². The van der Waals surface area contributed by atoms with Gasteiger partial charge >= 0.3 is 0 Å². The summed E-state index contributed by atoms with van der Waals surface area (Å²) in [4.78, 5) is 14.8. The minimum absolute atomic E-state index is 0. The second kappa shape index (κ2) is 6.96. The van der Waals surface area contributed by atoms with Gasteiger partial charge in [-0.05, 0) is 60.7 Å². The van der Waals surface area contributed by atoms with Gasteiger partial charge in [-0.1, -0.05) is 30.3 Å². The highest BCUT2D eigenvalue weighted by atomic mass is 35.5. The molecule has 24 heavy (non-hydrogen) atoms. The van der Waals surface area contributed by atoms with Crippen LogP contribution in [0, 0.1) is 0 Å². The Balaban J connectivity index is 0.00000169. The van der Waals surface area contributed by atoms with Gasteiger partial charge in [0.2, 0.25) is 0 Å². The van der Waals surface area contributed by atoms with Crippen LogP contribution in [0.25, 0.3) is 11.1 Å². The van der Waals surface area contributed by atoms with E-state index in [1.807, 2.05) is 18.0 Å². The molecule has 4 heteroatoms. The Morgan fingerprint density at radius 2 is 1.92 bits per heavy atom. The molecule has 0 radical (unpaired) electrons. The van der Waals surface area contributed by atoms with E-state index >= 15 is 0 Å². The first-order valence-corrected chi connectivity index (χ1v) is 8.44. The van der Waals surface area contributed by atoms with E-state index in [2.05, 4.69) is 41.7 Å². The molecule has 0 aromatic heterocycles. The van der Waals surface area contributed by atoms with Crippen LogP contribution < -0.4 is 5.32 Å². The molecular weight excluding hydrogens is 320 g/mol. The molecule has 0 saturated carbocycles. The molecule has 0 bridgehead atoms. The maximum atomic E-state index is 12.8. The van der Waals surface area contributed by atoms with Crippen molar-refractivity contribution in [2.45, 2.75) is 25.3 Å². The molecule has 1 N–H and O–H groups in total. The first-order chi connectivity index (χ1) is 11.3. The van der Waals surface area contributed by atoms with Gasteiger partial charge < -0.3 is 10.2 Å². The fourth-order valence-corrected chi connectivity index (χ4v) is 3.86. The Morgan fingerprint density at radius 1 is 1.12 bits per heavy atom. The molecule has 4 rings (SSSR count). The highest BCUT2D eigenvalue weighted by Gasteiger charge is 2.25. The van der Waals surface area contributed by atoms with Gasteiger partial charge in [-0.2, -0.15) is 0 Å². The van der Waals surface area contributed by atoms with Crippen LogP contribution in [-0.2, 0) is 6.42 Å². The average Bonchev–Trinajstić information content (AvgIpc) is 2.98. The standard InChI is InChI=1S/C20H22N2O.ClH/c1-21-17-6-4-10-22(13-17)20(23)15-8-9-19-16(12-15)11-14-5-2-3-7-18(14)19;/h2-3,5,7-9,12,17,21H,4,6,10-11,13H2,1H3;1H. The second-order valence-corrected chi connectivity index (χ2v) is 6.58. The van der Waals surface area contributed by atoms with Crippen molar-refractivity contribution in [3.05, 3.63) is 59.2 Å². The van der Waals surface area contributed by atoms with Gasteiger partial charge in [-0.3, -0.25) is 4.79 Å². The van der Waals surface area contributed by atoms with Crippen LogP contribution in [0.4, 0.5) is 0 Å². The third kappa shape index (κ3) is 2.94. The van der Waals surface area contributed by atoms with E-state index in [1.54, 1.807) is 0 Å². The number of halogens is 1. The first kappa shape index (κ1) is 17.0. The Labute approximate surface area is 149 Å². The van der Waals surface area contributed by atoms with Crippen molar-refractivity contribution in [3.63, 3.8) is 0 Å². The first-order valence-electron chi connectivity index (χ1n) is 8.44. The minimum Gasteiger partial charge on any atom is -0.337 e. The van der Waals surface area contributed by atoms with Crippen molar-refractivity contribution in [2.75, 3.05) is 20.1 Å². The van der Waals surface area contributed by atoms with Crippen molar-refractivity contribution in [1.82, 2.24) is 10.2 Å². The van der Waals surface area contributed by atoms with E-state index in [0.717, 1.165) is 37.9 Å². The largest absolute Gasteiger partial charge is 0.337 e. The van der Waals surface area contributed by atoms with Crippen LogP contribution in [0.3, 0.4) is 0 Å². The number of hydrogen-bond donors (Lipinski definition) is 1. The molecule has 1 atom stereocenters. The van der Waals surface area contributed by atoms with Crippen LogP contribution in [0.2, 0.25) is 0 Å². The lowest BCUT2D eigenvalue weighted by Gasteiger charge is -2.32. The van der Waals surface area contributed by atoms with Crippen molar-refractivity contribution in [2.24, 2.45) is 0 Å². The zero-order chi connectivity index (χ0) is 15.8. The van der Waals surface area contributed by atoms with Gasteiger partial charge in [-0.25, -0.2) is 0 Å². The summed E-state index contributed by atoms with van der Waals surface area (Å²) < 4.78 is 0. The number of carbonyl (C=O) groups is 1. The fourth-order valence-electron chi connectivity index (χ4n) is 3.86. The number of likely N-dealkylation sites (tertiary alicyclic amines) is 1. The van der Waals surface area contributed by atoms with Crippen LogP contribution in [0.15, 0.2) is 42.5 Å². The highest BCUT2D eigenvalue weighted by Crippen LogP contribution is 2.36. The van der Waals surface area contributed by atoms with Gasteiger partial charge in [0.1, 0.15) is 0 Å². The maximum absolute atomic E-state index is 12.8. The Hall–Kier alpha value is -1.84. The molecule has 1 aliphatic heterocycles. The predicted octanol–water partition coefficient (Wildman–Crippen LogP) is 3.50. The lowest BCUT2D eigenvalue weighted by Crippen LogP contribution is -2.46. The monoisotopic (exact) mass is 342 g/mol. The Morgan fingerprint density at radius 3 is 2.75 bits per heavy atom. The number of rotatable bonds is 2. The molecule has 1 saturated heterocycles. The van der Waals surface area contributed by atoms with Crippen molar-refractivity contribution in [1.29, 1.82) is 0 Å². The number of fused-ring (bicyclic) bond motifs is 3. The summed E-state index contributed by atoms with van der Waals surface area (Å²) in [6.45, 7) is 1.68. The number of benzene rings is 2. The summed E-state index contributed by atoms with van der Waals surface area (Å²) in [6, 6.07) is 15.2. The quantitative estimate of drug-likeness (QED) is 0.773. The van der Waals surface area contributed by atoms with Crippen LogP contribution in [0.1, 0.15) is 34.3 Å². The van der Waals surface area contributed by atoms with Crippen LogP contribution >= 0.6 is 12.4 Å². The highest BCUT2D eigenvalue weighted by molar-refractivity contribution is 5.95. The maximum Gasteiger partial charge on any atom is 0.253 e. The zero-order valence-corrected chi connectivity index (χ0v) is 14.7. The second-order valence-electron chi connectivity index (χ2n) is 6.58. The molecule has 1 unspecified atom stereocenters. The average molecular weight is 343 g/mol. The van der Waals surface area contributed by atoms with E-state index in [-0.39, 0.29) is 18.3 Å². The normalized spacial score (nSPS) is 18.5. The molecule has 1 heterocycles. The summed E-state index contributed by atoms with van der Waals surface area (Å²) in [6.07, 6.45) is 3.17. The Bertz CT molecular complexity index is 759. The minimum atomic E-state index is 0. The van der Waals surface area contributed by atoms with E-state index in [9.17, 15) is 4.79 Å². The van der Waals surface area contributed by atoms with Gasteiger partial charge in [0, 0.05) is 24.7 Å². The van der Waals surface area contributed by atoms with E-state index < -0.39 is 0 Å². The van der Waals surface area contributed by atoms with Crippen molar-refractivity contribution < 1.29 is 4.79 Å². The molecule has 1 amide bonds. The molecule has 0 spiro atoms. The van der Waals surface area contributed by atoms with Gasteiger partial charge in [0.15, 0.2) is 0 Å². The van der Waals surface area contributed by atoms with Crippen LogP contribution in [0.5, 0.6) is 0 Å². The fraction of sp³-hybridized carbons (Fsp3) is 0.350. The smallest absolute Gasteiger partial charge is 0.253 e. The third-order valence-corrected chi connectivity index (χ3v) is 5.16. The van der Waals surface area contributed by atoms with Gasteiger partial charge in [0.25, 0.3) is 5.91 Å². The molecule has 1 aliphatic carbocycles. The SMILES string of the molecule is CNC1CCCN(C(=O)c2ccc3c(c2)Cc2ccccc2-3)C1.Cl. The summed E-state index contributed by atoms with van der Waals surface area (Å²) in [5.41, 5.74) is 6.06.